The molecule has 1 fully saturated rings. The van der Waals surface area contributed by atoms with Gasteiger partial charge in [-0.3, -0.25) is 9.69 Å². The molecular weight excluding hydrogens is 370 g/mol. The number of rotatable bonds is 4. The molecule has 1 saturated heterocycles. The van der Waals surface area contributed by atoms with Gasteiger partial charge in [0.15, 0.2) is 0 Å². The van der Waals surface area contributed by atoms with Gasteiger partial charge in [-0.1, -0.05) is 60.5 Å². The molecule has 2 aromatic carbocycles. The van der Waals surface area contributed by atoms with E-state index in [2.05, 4.69) is 24.0 Å². The number of hydrogen-bond acceptors (Lipinski definition) is 3. The highest BCUT2D eigenvalue weighted by Crippen LogP contribution is 2.33. The third kappa shape index (κ3) is 4.13. The van der Waals surface area contributed by atoms with Gasteiger partial charge in [0.1, 0.15) is 0 Å². The average molecular weight is 396 g/mol. The van der Waals surface area contributed by atoms with Crippen LogP contribution in [-0.4, -0.2) is 40.7 Å². The van der Waals surface area contributed by atoms with Crippen LogP contribution in [-0.2, 0) is 4.79 Å². The molecule has 28 heavy (non-hydrogen) atoms. The van der Waals surface area contributed by atoms with Crippen molar-refractivity contribution in [1.82, 2.24) is 9.91 Å². The first-order valence-electron chi connectivity index (χ1n) is 10.1. The highest BCUT2D eigenvalue weighted by molar-refractivity contribution is 6.30. The molecule has 0 spiro atoms. The summed E-state index contributed by atoms with van der Waals surface area (Å²) in [6.07, 6.45) is 4.29. The summed E-state index contributed by atoms with van der Waals surface area (Å²) in [7, 11) is 0. The number of carbonyl (C=O) groups excluding carboxylic acids is 1. The highest BCUT2D eigenvalue weighted by Gasteiger charge is 2.34. The van der Waals surface area contributed by atoms with Gasteiger partial charge in [0.2, 0.25) is 0 Å². The van der Waals surface area contributed by atoms with Crippen LogP contribution in [0.2, 0.25) is 5.02 Å². The minimum Gasteiger partial charge on any atom is -0.292 e. The molecule has 2 aliphatic rings. The molecule has 0 saturated carbocycles. The number of likely N-dealkylation sites (tertiary alicyclic amines) is 1. The predicted octanol–water partition coefficient (Wildman–Crippen LogP) is 4.89. The number of hydrazone groups is 1. The Morgan fingerprint density at radius 1 is 1.11 bits per heavy atom. The van der Waals surface area contributed by atoms with E-state index in [-0.39, 0.29) is 11.9 Å². The van der Waals surface area contributed by atoms with Gasteiger partial charge in [-0.05, 0) is 49.6 Å². The zero-order chi connectivity index (χ0) is 19.5. The van der Waals surface area contributed by atoms with Crippen LogP contribution in [0, 0.1) is 0 Å². The van der Waals surface area contributed by atoms with E-state index in [4.69, 9.17) is 16.7 Å². The first-order valence-corrected chi connectivity index (χ1v) is 10.4. The monoisotopic (exact) mass is 395 g/mol. The Labute approximate surface area is 171 Å². The molecule has 4 rings (SSSR count). The van der Waals surface area contributed by atoms with Gasteiger partial charge in [-0.25, -0.2) is 5.01 Å². The molecule has 0 aliphatic carbocycles. The van der Waals surface area contributed by atoms with Crippen LogP contribution in [0.25, 0.3) is 0 Å². The highest BCUT2D eigenvalue weighted by atomic mass is 35.5. The van der Waals surface area contributed by atoms with E-state index in [0.29, 0.717) is 24.0 Å². The number of carbonyl (C=O) groups is 1. The van der Waals surface area contributed by atoms with Crippen LogP contribution in [0.3, 0.4) is 0 Å². The van der Waals surface area contributed by atoms with Gasteiger partial charge in [-0.15, -0.1) is 0 Å². The summed E-state index contributed by atoms with van der Waals surface area (Å²) in [6, 6.07) is 18.3. The molecule has 1 amide bonds. The summed E-state index contributed by atoms with van der Waals surface area (Å²) in [5.41, 5.74) is 3.10. The minimum atomic E-state index is -0.0833. The van der Waals surface area contributed by atoms with Gasteiger partial charge in [0.25, 0.3) is 5.91 Å². The molecule has 146 valence electrons. The SMILES string of the molecule is CC1CCCCN1CC(=O)N1N=C(c2ccccc2)CC1c1ccc(Cl)cc1. The molecule has 0 N–H and O–H groups in total. The van der Waals surface area contributed by atoms with Crippen molar-refractivity contribution in [2.24, 2.45) is 5.10 Å². The number of hydrogen-bond donors (Lipinski definition) is 0. The largest absolute Gasteiger partial charge is 0.292 e. The second kappa shape index (κ2) is 8.46. The molecule has 2 aromatic rings. The Hall–Kier alpha value is -2.17. The third-order valence-electron chi connectivity index (χ3n) is 5.81. The zero-order valence-electron chi connectivity index (χ0n) is 16.2. The number of piperidine rings is 1. The molecule has 0 bridgehead atoms. The second-order valence-corrected chi connectivity index (χ2v) is 8.17. The van der Waals surface area contributed by atoms with Crippen molar-refractivity contribution >= 4 is 23.2 Å². The lowest BCUT2D eigenvalue weighted by Gasteiger charge is -2.34. The van der Waals surface area contributed by atoms with Crippen molar-refractivity contribution in [3.8, 4) is 0 Å². The van der Waals surface area contributed by atoms with E-state index in [1.54, 1.807) is 5.01 Å². The van der Waals surface area contributed by atoms with E-state index >= 15 is 0 Å². The van der Waals surface area contributed by atoms with Crippen molar-refractivity contribution in [2.75, 3.05) is 13.1 Å². The van der Waals surface area contributed by atoms with Crippen LogP contribution >= 0.6 is 11.6 Å². The maximum Gasteiger partial charge on any atom is 0.257 e. The maximum atomic E-state index is 13.2. The van der Waals surface area contributed by atoms with Crippen LogP contribution in [0.5, 0.6) is 0 Å². The molecule has 2 unspecified atom stereocenters. The summed E-state index contributed by atoms with van der Waals surface area (Å²) < 4.78 is 0. The number of halogens is 1. The van der Waals surface area contributed by atoms with Gasteiger partial charge in [0, 0.05) is 17.5 Å². The van der Waals surface area contributed by atoms with E-state index in [1.807, 2.05) is 42.5 Å². The molecule has 0 radical (unpaired) electrons. The van der Waals surface area contributed by atoms with E-state index in [0.717, 1.165) is 36.2 Å². The lowest BCUT2D eigenvalue weighted by Crippen LogP contribution is -2.44. The Bertz CT molecular complexity index is 850. The van der Waals surface area contributed by atoms with Crippen molar-refractivity contribution in [1.29, 1.82) is 0 Å². The molecular formula is C23H26ClN3O. The summed E-state index contributed by atoms with van der Waals surface area (Å²) in [4.78, 5) is 15.5. The van der Waals surface area contributed by atoms with Crippen molar-refractivity contribution in [2.45, 2.75) is 44.7 Å². The van der Waals surface area contributed by atoms with Gasteiger partial charge in [0.05, 0.1) is 18.3 Å². The topological polar surface area (TPSA) is 35.9 Å². The zero-order valence-corrected chi connectivity index (χ0v) is 17.0. The molecule has 2 aliphatic heterocycles. The minimum absolute atomic E-state index is 0.0691. The first kappa shape index (κ1) is 19.2. The molecule has 2 atom stereocenters. The number of nitrogens with zero attached hydrogens (tertiary/aromatic N) is 3. The van der Waals surface area contributed by atoms with E-state index < -0.39 is 0 Å². The number of amides is 1. The quantitative estimate of drug-likeness (QED) is 0.738. The summed E-state index contributed by atoms with van der Waals surface area (Å²) in [5.74, 6) is 0.0691. The van der Waals surface area contributed by atoms with Crippen molar-refractivity contribution < 1.29 is 4.79 Å². The fourth-order valence-electron chi connectivity index (χ4n) is 4.13. The standard InChI is InChI=1S/C23H26ClN3O/c1-17-7-5-6-14-26(17)16-23(28)27-22(19-10-12-20(24)13-11-19)15-21(25-27)18-8-3-2-4-9-18/h2-4,8-13,17,22H,5-7,14-16H2,1H3. The van der Waals surface area contributed by atoms with Gasteiger partial charge in [-0.2, -0.15) is 5.10 Å². The Morgan fingerprint density at radius 2 is 1.86 bits per heavy atom. The molecule has 5 heteroatoms. The Balaban J connectivity index is 1.60. The van der Waals surface area contributed by atoms with Crippen LogP contribution in [0.4, 0.5) is 0 Å². The van der Waals surface area contributed by atoms with Crippen LogP contribution < -0.4 is 0 Å². The summed E-state index contributed by atoms with van der Waals surface area (Å²) in [5, 5.41) is 7.17. The maximum absolute atomic E-state index is 13.2. The molecule has 4 nitrogen and oxygen atoms in total. The molecule has 2 heterocycles. The van der Waals surface area contributed by atoms with Gasteiger partial charge >= 0.3 is 0 Å². The van der Waals surface area contributed by atoms with E-state index in [1.165, 1.54) is 6.42 Å². The number of benzene rings is 2. The lowest BCUT2D eigenvalue weighted by molar-refractivity contribution is -0.135. The molecule has 0 aromatic heterocycles. The average Bonchev–Trinajstić information content (AvgIpc) is 3.16. The van der Waals surface area contributed by atoms with Gasteiger partial charge < -0.3 is 0 Å². The normalized spacial score (nSPS) is 22.9. The van der Waals surface area contributed by atoms with Crippen molar-refractivity contribution in [3.05, 3.63) is 70.7 Å². The summed E-state index contributed by atoms with van der Waals surface area (Å²) in [6.45, 7) is 3.63. The Kier molecular flexibility index (Phi) is 5.79. The Morgan fingerprint density at radius 3 is 2.57 bits per heavy atom. The predicted molar refractivity (Wildman–Crippen MR) is 114 cm³/mol. The van der Waals surface area contributed by atoms with Crippen LogP contribution in [0.15, 0.2) is 59.7 Å². The fourth-order valence-corrected chi connectivity index (χ4v) is 4.25. The first-order chi connectivity index (χ1) is 13.6. The lowest BCUT2D eigenvalue weighted by atomic mass is 9.98. The summed E-state index contributed by atoms with van der Waals surface area (Å²) >= 11 is 6.07. The fraction of sp³-hybridized carbons (Fsp3) is 0.391. The van der Waals surface area contributed by atoms with E-state index in [9.17, 15) is 4.79 Å². The smallest absolute Gasteiger partial charge is 0.257 e. The third-order valence-corrected chi connectivity index (χ3v) is 6.06. The van der Waals surface area contributed by atoms with Crippen LogP contribution in [0.1, 0.15) is 49.8 Å². The second-order valence-electron chi connectivity index (χ2n) is 7.74. The van der Waals surface area contributed by atoms with Crippen molar-refractivity contribution in [3.63, 3.8) is 0 Å².